The van der Waals surface area contributed by atoms with Crippen molar-refractivity contribution in [2.75, 3.05) is 19.6 Å². The van der Waals surface area contributed by atoms with Crippen LogP contribution >= 0.6 is 0 Å². The van der Waals surface area contributed by atoms with Gasteiger partial charge in [-0.05, 0) is 83.7 Å². The number of nitrogens with zero attached hydrogens (tertiary/aromatic N) is 2. The summed E-state index contributed by atoms with van der Waals surface area (Å²) in [6.07, 6.45) is 0.142. The first-order chi connectivity index (χ1) is 17.5. The van der Waals surface area contributed by atoms with E-state index in [2.05, 4.69) is 37.9 Å². The number of hydrogen-bond acceptors (Lipinski definition) is 5. The van der Waals surface area contributed by atoms with Crippen LogP contribution < -0.4 is 10.1 Å². The van der Waals surface area contributed by atoms with E-state index in [0.29, 0.717) is 38.2 Å². The van der Waals surface area contributed by atoms with Crippen molar-refractivity contribution in [1.29, 1.82) is 0 Å². The van der Waals surface area contributed by atoms with Crippen LogP contribution in [0.1, 0.15) is 71.2 Å². The highest BCUT2D eigenvalue weighted by molar-refractivity contribution is 5.88. The molecule has 0 aliphatic carbocycles. The van der Waals surface area contributed by atoms with Crippen molar-refractivity contribution in [2.45, 2.75) is 85.2 Å². The monoisotopic (exact) mass is 509 g/mol. The number of amides is 2. The molecule has 2 aromatic carbocycles. The highest BCUT2D eigenvalue weighted by atomic mass is 16.6. The van der Waals surface area contributed by atoms with Gasteiger partial charge in [0, 0.05) is 31.7 Å². The number of fused-ring (bicyclic) bond motifs is 1. The summed E-state index contributed by atoms with van der Waals surface area (Å²) >= 11 is 0. The Morgan fingerprint density at radius 1 is 1.05 bits per heavy atom. The van der Waals surface area contributed by atoms with Gasteiger partial charge in [0.2, 0.25) is 5.91 Å². The predicted molar refractivity (Wildman–Crippen MR) is 147 cm³/mol. The molecule has 3 rings (SSSR count). The Hall–Kier alpha value is -3.06. The van der Waals surface area contributed by atoms with Crippen LogP contribution in [0.5, 0.6) is 5.75 Å². The third-order valence-electron chi connectivity index (χ3n) is 6.46. The maximum absolute atomic E-state index is 13.5. The average molecular weight is 510 g/mol. The third-order valence-corrected chi connectivity index (χ3v) is 6.46. The Kier molecular flexibility index (Phi) is 9.60. The molecule has 1 unspecified atom stereocenters. The van der Waals surface area contributed by atoms with Crippen LogP contribution in [0.25, 0.3) is 0 Å². The fourth-order valence-corrected chi connectivity index (χ4v) is 4.75. The maximum atomic E-state index is 13.5. The number of rotatable bonds is 9. The Labute approximate surface area is 222 Å². The minimum absolute atomic E-state index is 0.197. The molecule has 2 amide bonds. The normalized spacial score (nSPS) is 15.6. The molecule has 37 heavy (non-hydrogen) atoms. The van der Waals surface area contributed by atoms with Crippen molar-refractivity contribution < 1.29 is 19.1 Å². The molecule has 1 N–H and O–H groups in total. The van der Waals surface area contributed by atoms with Gasteiger partial charge in [-0.15, -0.1) is 0 Å². The summed E-state index contributed by atoms with van der Waals surface area (Å²) in [7, 11) is 0. The molecule has 202 valence electrons. The van der Waals surface area contributed by atoms with Crippen LogP contribution in [0.2, 0.25) is 0 Å². The second-order valence-corrected chi connectivity index (χ2v) is 11.2. The predicted octanol–water partition coefficient (Wildman–Crippen LogP) is 5.33. The van der Waals surface area contributed by atoms with Gasteiger partial charge in [-0.3, -0.25) is 14.6 Å². The molecule has 1 aliphatic rings. The molecule has 7 heteroatoms. The number of ether oxygens (including phenoxy) is 2. The minimum atomic E-state index is -0.756. The number of carbonyl (C=O) groups excluding carboxylic acids is 2. The molecule has 0 saturated heterocycles. The van der Waals surface area contributed by atoms with E-state index >= 15 is 0 Å². The SMILES string of the molecule is CC(C)N(CCNC(=O)C1c2ccc(OCc3ccccc3)cc2CCN1C(=O)OC(C)(C)C)C(C)C. The largest absolute Gasteiger partial charge is 0.489 e. The maximum Gasteiger partial charge on any atom is 0.411 e. The quantitative estimate of drug-likeness (QED) is 0.494. The van der Waals surface area contributed by atoms with Crippen molar-refractivity contribution in [2.24, 2.45) is 0 Å². The van der Waals surface area contributed by atoms with E-state index in [1.54, 1.807) is 4.90 Å². The molecule has 2 aromatic rings. The highest BCUT2D eigenvalue weighted by Crippen LogP contribution is 2.34. The molecule has 0 fully saturated rings. The lowest BCUT2D eigenvalue weighted by Crippen LogP contribution is -2.50. The third kappa shape index (κ3) is 7.96. The van der Waals surface area contributed by atoms with Crippen LogP contribution in [-0.4, -0.2) is 59.1 Å². The standard InChI is InChI=1S/C30H43N3O4/c1-21(2)32(22(3)4)18-16-31-28(34)27-26-14-13-25(36-20-23-11-9-8-10-12-23)19-24(26)15-17-33(27)29(35)37-30(5,6)7/h8-14,19,21-22,27H,15-18,20H2,1-7H3,(H,31,34). The van der Waals surface area contributed by atoms with Gasteiger partial charge in [0.25, 0.3) is 0 Å². The zero-order chi connectivity index (χ0) is 27.2. The lowest BCUT2D eigenvalue weighted by atomic mass is 9.92. The molecule has 0 spiro atoms. The van der Waals surface area contributed by atoms with Crippen LogP contribution in [0.15, 0.2) is 48.5 Å². The van der Waals surface area contributed by atoms with E-state index in [1.165, 1.54) is 0 Å². The number of benzene rings is 2. The molecular weight excluding hydrogens is 466 g/mol. The van der Waals surface area contributed by atoms with Crippen LogP contribution in [0, 0.1) is 0 Å². The van der Waals surface area contributed by atoms with E-state index in [1.807, 2.05) is 69.3 Å². The first-order valence-corrected chi connectivity index (χ1v) is 13.3. The van der Waals surface area contributed by atoms with E-state index < -0.39 is 17.7 Å². The summed E-state index contributed by atoms with van der Waals surface area (Å²) in [6.45, 7) is 16.2. The number of nitrogens with one attached hydrogen (secondary N) is 1. The van der Waals surface area contributed by atoms with Crippen LogP contribution in [0.3, 0.4) is 0 Å². The molecular formula is C30H43N3O4. The lowest BCUT2D eigenvalue weighted by molar-refractivity contribution is -0.127. The first-order valence-electron chi connectivity index (χ1n) is 13.3. The fraction of sp³-hybridized carbons (Fsp3) is 0.533. The number of hydrogen-bond donors (Lipinski definition) is 1. The molecule has 0 aromatic heterocycles. The summed E-state index contributed by atoms with van der Waals surface area (Å²) in [6, 6.07) is 15.8. The molecule has 0 bridgehead atoms. The smallest absolute Gasteiger partial charge is 0.411 e. The Bertz CT molecular complexity index is 1040. The summed E-state index contributed by atoms with van der Waals surface area (Å²) in [5, 5.41) is 3.08. The van der Waals surface area contributed by atoms with E-state index in [-0.39, 0.29) is 5.91 Å². The van der Waals surface area contributed by atoms with E-state index in [0.717, 1.165) is 29.0 Å². The van der Waals surface area contributed by atoms with Crippen molar-refractivity contribution in [1.82, 2.24) is 15.1 Å². The van der Waals surface area contributed by atoms with Crippen molar-refractivity contribution >= 4 is 12.0 Å². The van der Waals surface area contributed by atoms with Gasteiger partial charge in [0.1, 0.15) is 24.0 Å². The van der Waals surface area contributed by atoms with Crippen LogP contribution in [0.4, 0.5) is 4.79 Å². The topological polar surface area (TPSA) is 71.1 Å². The van der Waals surface area contributed by atoms with Gasteiger partial charge in [-0.1, -0.05) is 36.4 Å². The Morgan fingerprint density at radius 2 is 1.73 bits per heavy atom. The summed E-state index contributed by atoms with van der Waals surface area (Å²) in [5.41, 5.74) is 2.26. The molecule has 0 radical (unpaired) electrons. The van der Waals surface area contributed by atoms with Crippen molar-refractivity contribution in [3.63, 3.8) is 0 Å². The van der Waals surface area contributed by atoms with Gasteiger partial charge < -0.3 is 14.8 Å². The average Bonchev–Trinajstić information content (AvgIpc) is 2.83. The zero-order valence-electron chi connectivity index (χ0n) is 23.4. The second-order valence-electron chi connectivity index (χ2n) is 11.2. The van der Waals surface area contributed by atoms with Crippen molar-refractivity contribution in [3.8, 4) is 5.75 Å². The van der Waals surface area contributed by atoms with Gasteiger partial charge in [-0.2, -0.15) is 0 Å². The van der Waals surface area contributed by atoms with Crippen molar-refractivity contribution in [3.05, 3.63) is 65.2 Å². The summed E-state index contributed by atoms with van der Waals surface area (Å²) in [5.74, 6) is 0.550. The highest BCUT2D eigenvalue weighted by Gasteiger charge is 2.38. The Morgan fingerprint density at radius 3 is 2.35 bits per heavy atom. The Balaban J connectivity index is 1.79. The molecule has 1 heterocycles. The lowest BCUT2D eigenvalue weighted by Gasteiger charge is -2.37. The summed E-state index contributed by atoms with van der Waals surface area (Å²) < 4.78 is 11.7. The van der Waals surface area contributed by atoms with Gasteiger partial charge in [-0.25, -0.2) is 4.79 Å². The fourth-order valence-electron chi connectivity index (χ4n) is 4.75. The van der Waals surface area contributed by atoms with E-state index in [9.17, 15) is 9.59 Å². The van der Waals surface area contributed by atoms with Gasteiger partial charge in [0.05, 0.1) is 0 Å². The molecule has 1 atom stereocenters. The zero-order valence-corrected chi connectivity index (χ0v) is 23.4. The first kappa shape index (κ1) is 28.5. The van der Waals surface area contributed by atoms with E-state index in [4.69, 9.17) is 9.47 Å². The van der Waals surface area contributed by atoms with Crippen LogP contribution in [-0.2, 0) is 22.6 Å². The minimum Gasteiger partial charge on any atom is -0.489 e. The van der Waals surface area contributed by atoms with Gasteiger partial charge in [0.15, 0.2) is 0 Å². The molecule has 0 saturated carbocycles. The molecule has 1 aliphatic heterocycles. The van der Waals surface area contributed by atoms with Gasteiger partial charge >= 0.3 is 6.09 Å². The molecule has 7 nitrogen and oxygen atoms in total. The number of carbonyl (C=O) groups is 2. The second kappa shape index (κ2) is 12.5. The summed E-state index contributed by atoms with van der Waals surface area (Å²) in [4.78, 5) is 30.5.